The van der Waals surface area contributed by atoms with Gasteiger partial charge in [0.05, 0.1) is 12.2 Å². The van der Waals surface area contributed by atoms with E-state index in [9.17, 15) is 19.8 Å². The number of rotatable bonds is 14. The molecule has 0 spiro atoms. The van der Waals surface area contributed by atoms with Gasteiger partial charge in [0.25, 0.3) is 0 Å². The number of unbranched alkanes of at least 4 members (excludes halogenated alkanes) is 7. The molecule has 0 radical (unpaired) electrons. The van der Waals surface area contributed by atoms with E-state index in [-0.39, 0.29) is 24.2 Å². The molecule has 0 atom stereocenters. The third kappa shape index (κ3) is 10.2. The van der Waals surface area contributed by atoms with Gasteiger partial charge in [-0.15, -0.1) is 4.73 Å². The van der Waals surface area contributed by atoms with Gasteiger partial charge in [0.2, 0.25) is 11.8 Å². The van der Waals surface area contributed by atoms with E-state index in [1.165, 1.54) is 12.1 Å². The van der Waals surface area contributed by atoms with E-state index >= 15 is 0 Å². The zero-order chi connectivity index (χ0) is 25.0. The van der Waals surface area contributed by atoms with Gasteiger partial charge in [0.15, 0.2) is 0 Å². The molecule has 0 unspecified atom stereocenters. The molecule has 0 saturated carbocycles. The summed E-state index contributed by atoms with van der Waals surface area (Å²) in [5.74, 6) is -0.703. The topological polar surface area (TPSA) is 107 Å². The smallest absolute Gasteiger partial charge is 0.338 e. The summed E-state index contributed by atoms with van der Waals surface area (Å²) in [6.45, 7) is 6.17. The van der Waals surface area contributed by atoms with E-state index in [0.29, 0.717) is 23.3 Å². The third-order valence-electron chi connectivity index (χ3n) is 5.02. The quantitative estimate of drug-likeness (QED) is 0.278. The van der Waals surface area contributed by atoms with Crippen LogP contribution in [0.1, 0.15) is 88.9 Å². The van der Waals surface area contributed by atoms with Crippen LogP contribution in [0.2, 0.25) is 0 Å². The highest BCUT2D eigenvalue weighted by molar-refractivity contribution is 5.89. The van der Waals surface area contributed by atoms with Crippen LogP contribution in [0.5, 0.6) is 17.5 Å². The van der Waals surface area contributed by atoms with Crippen molar-refractivity contribution in [3.8, 4) is 17.5 Å². The van der Waals surface area contributed by atoms with Gasteiger partial charge in [0, 0.05) is 18.6 Å². The summed E-state index contributed by atoms with van der Waals surface area (Å²) < 4.78 is 11.8. The molecule has 1 aromatic heterocycles. The molecular weight excluding hydrogens is 438 g/mol. The van der Waals surface area contributed by atoms with Crippen molar-refractivity contribution < 1.29 is 34.1 Å². The highest BCUT2D eigenvalue weighted by atomic mass is 16.7. The lowest BCUT2D eigenvalue weighted by atomic mass is 10.1. The Morgan fingerprint density at radius 2 is 1.32 bits per heavy atom. The molecule has 2 N–H and O–H groups in total. The molecule has 2 aromatic rings. The molecule has 0 aliphatic heterocycles. The van der Waals surface area contributed by atoms with E-state index in [1.54, 1.807) is 24.3 Å². The van der Waals surface area contributed by atoms with Crippen molar-refractivity contribution in [3.63, 3.8) is 0 Å². The van der Waals surface area contributed by atoms with E-state index in [0.717, 1.165) is 50.7 Å². The van der Waals surface area contributed by atoms with Crippen LogP contribution in [0.3, 0.4) is 0 Å². The minimum atomic E-state index is -0.513. The first-order valence-electron chi connectivity index (χ1n) is 11.9. The monoisotopic (exact) mass is 475 g/mol. The SMILES string of the molecule is CC(C)(C)OC(=O)c1ccc(OCCCCCCCCCCC(=O)On2c(O)ccc2O)cc1. The highest BCUT2D eigenvalue weighted by Gasteiger charge is 2.17. The van der Waals surface area contributed by atoms with Crippen LogP contribution in [0.4, 0.5) is 0 Å². The number of carbonyl (C=O) groups is 2. The molecule has 188 valence electrons. The largest absolute Gasteiger partial charge is 0.494 e. The molecule has 34 heavy (non-hydrogen) atoms. The van der Waals surface area contributed by atoms with Gasteiger partial charge in [-0.1, -0.05) is 38.5 Å². The second kappa shape index (κ2) is 13.5. The van der Waals surface area contributed by atoms with Crippen molar-refractivity contribution in [1.29, 1.82) is 0 Å². The predicted octanol–water partition coefficient (Wildman–Crippen LogP) is 5.40. The summed E-state index contributed by atoms with van der Waals surface area (Å²) in [5.41, 5.74) is -0.000628. The molecule has 1 heterocycles. The second-order valence-electron chi connectivity index (χ2n) is 9.26. The van der Waals surface area contributed by atoms with Crippen LogP contribution < -0.4 is 9.57 Å². The van der Waals surface area contributed by atoms with Gasteiger partial charge < -0.3 is 24.5 Å². The first-order chi connectivity index (χ1) is 16.2. The number of nitrogens with zero attached hydrogens (tertiary/aromatic N) is 1. The molecule has 0 bridgehead atoms. The van der Waals surface area contributed by atoms with Crippen LogP contribution in [0.15, 0.2) is 36.4 Å². The fourth-order valence-corrected chi connectivity index (χ4v) is 3.29. The van der Waals surface area contributed by atoms with Crippen LogP contribution in [-0.2, 0) is 9.53 Å². The Morgan fingerprint density at radius 3 is 1.88 bits per heavy atom. The Morgan fingerprint density at radius 1 is 0.794 bits per heavy atom. The number of carbonyl (C=O) groups excluding carboxylic acids is 2. The predicted molar refractivity (Wildman–Crippen MR) is 128 cm³/mol. The number of esters is 1. The minimum absolute atomic E-state index is 0.243. The third-order valence-corrected chi connectivity index (χ3v) is 5.02. The maximum Gasteiger partial charge on any atom is 0.338 e. The average molecular weight is 476 g/mol. The first kappa shape index (κ1) is 27.1. The Hall–Kier alpha value is -3.16. The van der Waals surface area contributed by atoms with Crippen molar-refractivity contribution >= 4 is 11.9 Å². The minimum Gasteiger partial charge on any atom is -0.494 e. The van der Waals surface area contributed by atoms with Gasteiger partial charge in [-0.05, 0) is 57.9 Å². The standard InChI is InChI=1S/C26H37NO7/c1-26(2,3)33-25(31)20-13-15-21(16-14-20)32-19-11-9-7-5-4-6-8-10-12-24(30)34-27-22(28)17-18-23(27)29/h13-18,28-29H,4-12,19H2,1-3H3. The molecule has 8 heteroatoms. The normalized spacial score (nSPS) is 11.3. The fraction of sp³-hybridized carbons (Fsp3) is 0.538. The Kier molecular flexibility index (Phi) is 10.8. The van der Waals surface area contributed by atoms with E-state index < -0.39 is 11.6 Å². The Balaban J connectivity index is 1.45. The van der Waals surface area contributed by atoms with Gasteiger partial charge in [-0.3, -0.25) is 0 Å². The lowest BCUT2D eigenvalue weighted by Crippen LogP contribution is -2.23. The van der Waals surface area contributed by atoms with Gasteiger partial charge >= 0.3 is 11.9 Å². The van der Waals surface area contributed by atoms with Crippen molar-refractivity contribution in [2.45, 2.75) is 84.2 Å². The first-order valence-corrected chi connectivity index (χ1v) is 11.9. The van der Waals surface area contributed by atoms with Crippen LogP contribution in [0, 0.1) is 0 Å². The number of aromatic nitrogens is 1. The molecule has 0 aliphatic carbocycles. The van der Waals surface area contributed by atoms with Gasteiger partial charge in [-0.2, -0.15) is 0 Å². The maximum atomic E-state index is 12.0. The van der Waals surface area contributed by atoms with E-state index in [4.69, 9.17) is 14.3 Å². The highest BCUT2D eigenvalue weighted by Crippen LogP contribution is 2.19. The van der Waals surface area contributed by atoms with E-state index in [1.807, 2.05) is 20.8 Å². The molecule has 0 amide bonds. The molecule has 8 nitrogen and oxygen atoms in total. The number of aromatic hydroxyl groups is 2. The zero-order valence-corrected chi connectivity index (χ0v) is 20.4. The number of hydrogen-bond acceptors (Lipinski definition) is 7. The molecular formula is C26H37NO7. The summed E-state index contributed by atoms with van der Waals surface area (Å²) in [7, 11) is 0. The molecule has 0 fully saturated rings. The van der Waals surface area contributed by atoms with Gasteiger partial charge in [0.1, 0.15) is 11.4 Å². The van der Waals surface area contributed by atoms with Crippen LogP contribution >= 0.6 is 0 Å². The van der Waals surface area contributed by atoms with E-state index in [2.05, 4.69) is 0 Å². The average Bonchev–Trinajstić information content (AvgIpc) is 3.08. The van der Waals surface area contributed by atoms with Crippen molar-refractivity contribution in [2.75, 3.05) is 6.61 Å². The lowest BCUT2D eigenvalue weighted by molar-refractivity contribution is -0.145. The van der Waals surface area contributed by atoms with Crippen molar-refractivity contribution in [3.05, 3.63) is 42.0 Å². The zero-order valence-electron chi connectivity index (χ0n) is 20.4. The van der Waals surface area contributed by atoms with Crippen molar-refractivity contribution in [1.82, 2.24) is 4.73 Å². The molecule has 0 aliphatic rings. The number of ether oxygens (including phenoxy) is 2. The summed E-state index contributed by atoms with van der Waals surface area (Å²) in [6.07, 6.45) is 8.38. The summed E-state index contributed by atoms with van der Waals surface area (Å²) in [4.78, 5) is 28.7. The van der Waals surface area contributed by atoms with Crippen LogP contribution in [-0.4, -0.2) is 39.1 Å². The summed E-state index contributed by atoms with van der Waals surface area (Å²) in [5, 5.41) is 18.9. The maximum absolute atomic E-state index is 12.0. The molecule has 0 saturated heterocycles. The second-order valence-corrected chi connectivity index (χ2v) is 9.26. The number of benzene rings is 1. The molecule has 1 aromatic carbocycles. The lowest BCUT2D eigenvalue weighted by Gasteiger charge is -2.19. The van der Waals surface area contributed by atoms with Crippen LogP contribution in [0.25, 0.3) is 0 Å². The summed E-state index contributed by atoms with van der Waals surface area (Å²) >= 11 is 0. The van der Waals surface area contributed by atoms with Crippen molar-refractivity contribution in [2.24, 2.45) is 0 Å². The molecule has 2 rings (SSSR count). The number of hydrogen-bond donors (Lipinski definition) is 2. The van der Waals surface area contributed by atoms with Gasteiger partial charge in [-0.25, -0.2) is 9.59 Å². The fourth-order valence-electron chi connectivity index (χ4n) is 3.29. The summed E-state index contributed by atoms with van der Waals surface area (Å²) in [6, 6.07) is 9.52. The Labute approximate surface area is 201 Å². The Bertz CT molecular complexity index is 877.